The van der Waals surface area contributed by atoms with Crippen molar-refractivity contribution >= 4 is 0 Å². The van der Waals surface area contributed by atoms with E-state index in [1.165, 1.54) is 0 Å². The van der Waals surface area contributed by atoms with Crippen LogP contribution >= 0.6 is 0 Å². The number of rotatable bonds is 7. The van der Waals surface area contributed by atoms with E-state index in [1.807, 2.05) is 24.6 Å². The van der Waals surface area contributed by atoms with E-state index in [-0.39, 0.29) is 0 Å². The normalized spacial score (nSPS) is 12.5. The van der Waals surface area contributed by atoms with Crippen molar-refractivity contribution in [1.29, 1.82) is 0 Å². The Morgan fingerprint density at radius 1 is 1.07 bits per heavy atom. The van der Waals surface area contributed by atoms with Crippen LogP contribution in [-0.4, -0.2) is 13.1 Å². The van der Waals surface area contributed by atoms with Crippen molar-refractivity contribution in [2.24, 2.45) is 5.41 Å². The zero-order chi connectivity index (χ0) is 11.6. The summed E-state index contributed by atoms with van der Waals surface area (Å²) in [6.07, 6.45) is 11.1. The fraction of sp³-hybridized carbons (Fsp3) is 0.538. The second-order valence-corrected chi connectivity index (χ2v) is 4.68. The van der Waals surface area contributed by atoms with E-state index < -0.39 is 0 Å². The minimum atomic E-state index is 0.368. The van der Waals surface area contributed by atoms with Gasteiger partial charge in [-0.15, -0.1) is 6.58 Å². The first-order chi connectivity index (χ1) is 7.06. The molecule has 2 nitrogen and oxygen atoms in total. The van der Waals surface area contributed by atoms with Crippen LogP contribution < -0.4 is 10.6 Å². The molecule has 0 aliphatic heterocycles. The van der Waals surface area contributed by atoms with Gasteiger partial charge >= 0.3 is 0 Å². The zero-order valence-electron chi connectivity index (χ0n) is 10.2. The number of nitrogens with one attached hydrogen (secondary N) is 2. The molecule has 2 heteroatoms. The molecule has 0 atom stereocenters. The molecule has 0 saturated carbocycles. The second-order valence-electron chi connectivity index (χ2n) is 4.68. The second kappa shape index (κ2) is 8.30. The summed E-state index contributed by atoms with van der Waals surface area (Å²) in [7, 11) is 0. The molecule has 0 unspecified atom stereocenters. The van der Waals surface area contributed by atoms with E-state index >= 15 is 0 Å². The average Bonchev–Trinajstić information content (AvgIpc) is 2.14. The third-order valence-electron chi connectivity index (χ3n) is 1.71. The Kier molecular flexibility index (Phi) is 7.74. The molecule has 2 N–H and O–H groups in total. The van der Waals surface area contributed by atoms with Crippen LogP contribution in [0.3, 0.4) is 0 Å². The summed E-state index contributed by atoms with van der Waals surface area (Å²) in [5.41, 5.74) is 0.368. The monoisotopic (exact) mass is 208 g/mol. The van der Waals surface area contributed by atoms with Crippen molar-refractivity contribution in [3.05, 3.63) is 37.2 Å². The molecule has 0 aromatic heterocycles. The maximum Gasteiger partial charge on any atom is 0.0155 e. The van der Waals surface area contributed by atoms with Crippen LogP contribution in [0.1, 0.15) is 27.2 Å². The molecular formula is C13H24N2. The number of hydrogen-bond donors (Lipinski definition) is 2. The zero-order valence-corrected chi connectivity index (χ0v) is 10.2. The van der Waals surface area contributed by atoms with Crippen molar-refractivity contribution in [3.8, 4) is 0 Å². The van der Waals surface area contributed by atoms with Crippen molar-refractivity contribution < 1.29 is 0 Å². The van der Waals surface area contributed by atoms with E-state index in [0.717, 1.165) is 19.5 Å². The minimum Gasteiger partial charge on any atom is -0.368 e. The average molecular weight is 208 g/mol. The molecule has 0 spiro atoms. The summed E-state index contributed by atoms with van der Waals surface area (Å²) in [6, 6.07) is 0. The lowest BCUT2D eigenvalue weighted by molar-refractivity contribution is 0.420. The summed E-state index contributed by atoms with van der Waals surface area (Å²) in [4.78, 5) is 0. The van der Waals surface area contributed by atoms with E-state index in [2.05, 4.69) is 44.1 Å². The third-order valence-corrected chi connectivity index (χ3v) is 1.71. The van der Waals surface area contributed by atoms with E-state index in [0.29, 0.717) is 5.41 Å². The van der Waals surface area contributed by atoms with Crippen LogP contribution in [0.5, 0.6) is 0 Å². The highest BCUT2D eigenvalue weighted by molar-refractivity contribution is 4.91. The first kappa shape index (κ1) is 14.0. The lowest BCUT2D eigenvalue weighted by Gasteiger charge is -2.14. The van der Waals surface area contributed by atoms with Crippen LogP contribution in [0.4, 0.5) is 0 Å². The summed E-state index contributed by atoms with van der Waals surface area (Å²) in [5, 5.41) is 6.29. The predicted octanol–water partition coefficient (Wildman–Crippen LogP) is 2.82. The molecule has 15 heavy (non-hydrogen) atoms. The Balaban J connectivity index is 3.40. The molecule has 86 valence electrons. The van der Waals surface area contributed by atoms with Gasteiger partial charge in [-0.3, -0.25) is 0 Å². The lowest BCUT2D eigenvalue weighted by Crippen LogP contribution is -2.13. The third kappa shape index (κ3) is 13.0. The van der Waals surface area contributed by atoms with Gasteiger partial charge in [-0.05, 0) is 24.2 Å². The molecule has 0 aliphatic rings. The highest BCUT2D eigenvalue weighted by Crippen LogP contribution is 2.18. The molecule has 0 bridgehead atoms. The van der Waals surface area contributed by atoms with Gasteiger partial charge in [0.05, 0.1) is 0 Å². The molecule has 0 radical (unpaired) electrons. The first-order valence-corrected chi connectivity index (χ1v) is 5.44. The van der Waals surface area contributed by atoms with Crippen molar-refractivity contribution in [1.82, 2.24) is 10.6 Å². The molecule has 0 rings (SSSR count). The molecule has 0 saturated heterocycles. The van der Waals surface area contributed by atoms with Crippen LogP contribution in [0, 0.1) is 5.41 Å². The maximum atomic E-state index is 3.63. The lowest BCUT2D eigenvalue weighted by atomic mass is 9.92. The van der Waals surface area contributed by atoms with Gasteiger partial charge in [-0.25, -0.2) is 0 Å². The van der Waals surface area contributed by atoms with E-state index in [9.17, 15) is 0 Å². The first-order valence-electron chi connectivity index (χ1n) is 5.44. The topological polar surface area (TPSA) is 24.1 Å². The van der Waals surface area contributed by atoms with Gasteiger partial charge in [0.15, 0.2) is 0 Å². The van der Waals surface area contributed by atoms with Crippen molar-refractivity contribution in [2.75, 3.05) is 13.1 Å². The Bertz CT molecular complexity index is 209. The summed E-state index contributed by atoms with van der Waals surface area (Å²) in [5.74, 6) is 0. The van der Waals surface area contributed by atoms with Crippen LogP contribution in [-0.2, 0) is 0 Å². The van der Waals surface area contributed by atoms with Gasteiger partial charge in [-0.2, -0.15) is 0 Å². The van der Waals surface area contributed by atoms with Crippen molar-refractivity contribution in [2.45, 2.75) is 27.2 Å². The standard InChI is InChI=1S/C13H24N2/c1-5-9-14-11-7-12-15-10-6-8-13(2,3)4/h5-7,10,12,14-15H,1,8-9,11H2,2-4H3/b10-6+,12-7+. The molecule has 0 aromatic carbocycles. The smallest absolute Gasteiger partial charge is 0.0155 e. The summed E-state index contributed by atoms with van der Waals surface area (Å²) >= 11 is 0. The Labute approximate surface area is 94.1 Å². The van der Waals surface area contributed by atoms with Gasteiger partial charge in [-0.1, -0.05) is 39.0 Å². The van der Waals surface area contributed by atoms with E-state index in [4.69, 9.17) is 0 Å². The van der Waals surface area contributed by atoms with Gasteiger partial charge in [0, 0.05) is 13.1 Å². The molecule has 0 heterocycles. The molecule has 0 amide bonds. The van der Waals surface area contributed by atoms with E-state index in [1.54, 1.807) is 0 Å². The highest BCUT2D eigenvalue weighted by atomic mass is 14.8. The SMILES string of the molecule is C=CCNC/C=C/N/C=C/CC(C)(C)C. The van der Waals surface area contributed by atoms with Crippen LogP contribution in [0.15, 0.2) is 37.2 Å². The largest absolute Gasteiger partial charge is 0.368 e. The van der Waals surface area contributed by atoms with Crippen LogP contribution in [0.25, 0.3) is 0 Å². The van der Waals surface area contributed by atoms with Crippen LogP contribution in [0.2, 0.25) is 0 Å². The van der Waals surface area contributed by atoms with Gasteiger partial charge in [0.1, 0.15) is 0 Å². The molecular weight excluding hydrogens is 184 g/mol. The minimum absolute atomic E-state index is 0.368. The predicted molar refractivity (Wildman–Crippen MR) is 68.6 cm³/mol. The fourth-order valence-electron chi connectivity index (χ4n) is 0.932. The highest BCUT2D eigenvalue weighted by Gasteiger charge is 2.05. The van der Waals surface area contributed by atoms with Gasteiger partial charge in [0.25, 0.3) is 0 Å². The van der Waals surface area contributed by atoms with Gasteiger partial charge in [0.2, 0.25) is 0 Å². The number of hydrogen-bond acceptors (Lipinski definition) is 2. The summed E-state index contributed by atoms with van der Waals surface area (Å²) < 4.78 is 0. The molecule has 0 aliphatic carbocycles. The Morgan fingerprint density at radius 3 is 2.33 bits per heavy atom. The molecule has 0 fully saturated rings. The maximum absolute atomic E-state index is 3.63. The Morgan fingerprint density at radius 2 is 1.73 bits per heavy atom. The fourth-order valence-corrected chi connectivity index (χ4v) is 0.932. The van der Waals surface area contributed by atoms with Crippen molar-refractivity contribution in [3.63, 3.8) is 0 Å². The van der Waals surface area contributed by atoms with Gasteiger partial charge < -0.3 is 10.6 Å². The Hall–Kier alpha value is -1.02. The quantitative estimate of drug-likeness (QED) is 0.496. The number of allylic oxidation sites excluding steroid dienone is 1. The molecule has 0 aromatic rings. The summed E-state index contributed by atoms with van der Waals surface area (Å²) in [6.45, 7) is 12.0.